The molecule has 0 radical (unpaired) electrons. The van der Waals surface area contributed by atoms with Crippen LogP contribution in [0.4, 0.5) is 35.9 Å². The summed E-state index contributed by atoms with van der Waals surface area (Å²) in [5.41, 5.74) is -2.27. The van der Waals surface area contributed by atoms with Crippen LogP contribution >= 0.6 is 0 Å². The zero-order valence-electron chi connectivity index (χ0n) is 11.2. The Labute approximate surface area is 126 Å². The van der Waals surface area contributed by atoms with E-state index in [-0.39, 0.29) is 17.1 Å². The number of rotatable bonds is 4. The van der Waals surface area contributed by atoms with Gasteiger partial charge in [-0.1, -0.05) is 6.07 Å². The zero-order chi connectivity index (χ0) is 17.2. The van der Waals surface area contributed by atoms with E-state index in [2.05, 4.69) is 5.32 Å². The summed E-state index contributed by atoms with van der Waals surface area (Å²) in [6, 6.07) is 7.06. The quantitative estimate of drug-likeness (QED) is 0.668. The maximum atomic E-state index is 12.6. The predicted molar refractivity (Wildman–Crippen MR) is 74.5 cm³/mol. The van der Waals surface area contributed by atoms with Gasteiger partial charge in [0.15, 0.2) is 0 Å². The Balaban J connectivity index is 2.42. The van der Waals surface area contributed by atoms with Crippen molar-refractivity contribution < 1.29 is 23.0 Å². The molecule has 120 valence electrons. The van der Waals surface area contributed by atoms with Crippen molar-refractivity contribution in [2.24, 2.45) is 0 Å². The molecule has 0 aliphatic heterocycles. The van der Waals surface area contributed by atoms with Crippen LogP contribution in [-0.4, -0.2) is 9.85 Å². The lowest BCUT2D eigenvalue weighted by Crippen LogP contribution is -2.06. The topological polar surface area (TPSA) is 98.3 Å². The zero-order valence-corrected chi connectivity index (χ0v) is 11.2. The molecule has 2 rings (SSSR count). The van der Waals surface area contributed by atoms with Crippen molar-refractivity contribution in [2.75, 3.05) is 5.32 Å². The van der Waals surface area contributed by atoms with E-state index in [0.29, 0.717) is 12.1 Å². The molecule has 0 spiro atoms. The monoisotopic (exact) mass is 327 g/mol. The summed E-state index contributed by atoms with van der Waals surface area (Å²) in [5, 5.41) is 24.2. The number of nitro groups is 2. The van der Waals surface area contributed by atoms with Crippen LogP contribution in [0.25, 0.3) is 0 Å². The number of nitro benzene ring substituents is 2. The van der Waals surface area contributed by atoms with Crippen LogP contribution in [-0.2, 0) is 6.18 Å². The van der Waals surface area contributed by atoms with Gasteiger partial charge in [0.05, 0.1) is 15.4 Å². The van der Waals surface area contributed by atoms with E-state index in [0.717, 1.165) is 12.1 Å². The molecule has 0 aromatic heterocycles. The van der Waals surface area contributed by atoms with Gasteiger partial charge in [-0.2, -0.15) is 13.2 Å². The number of benzene rings is 2. The number of alkyl halides is 3. The van der Waals surface area contributed by atoms with Crippen LogP contribution in [0.3, 0.4) is 0 Å². The first-order chi connectivity index (χ1) is 10.7. The molecule has 0 amide bonds. The molecule has 10 heteroatoms. The van der Waals surface area contributed by atoms with Crippen LogP contribution in [0, 0.1) is 20.2 Å². The van der Waals surface area contributed by atoms with E-state index >= 15 is 0 Å². The van der Waals surface area contributed by atoms with Crippen LogP contribution in [0.5, 0.6) is 0 Å². The molecule has 0 atom stereocenters. The minimum Gasteiger partial charge on any atom is -0.350 e. The number of anilines is 2. The van der Waals surface area contributed by atoms with Crippen LogP contribution in [0.15, 0.2) is 42.5 Å². The first kappa shape index (κ1) is 16.2. The van der Waals surface area contributed by atoms with E-state index in [4.69, 9.17) is 0 Å². The van der Waals surface area contributed by atoms with E-state index in [1.54, 1.807) is 0 Å². The van der Waals surface area contributed by atoms with Gasteiger partial charge in [-0.3, -0.25) is 20.2 Å². The highest BCUT2D eigenvalue weighted by Crippen LogP contribution is 2.36. The highest BCUT2D eigenvalue weighted by molar-refractivity contribution is 5.71. The summed E-state index contributed by atoms with van der Waals surface area (Å²) in [6.45, 7) is 0. The Morgan fingerprint density at radius 3 is 2.22 bits per heavy atom. The Morgan fingerprint density at radius 1 is 0.957 bits per heavy atom. The minimum atomic E-state index is -4.71. The van der Waals surface area contributed by atoms with Crippen LogP contribution in [0.2, 0.25) is 0 Å². The molecule has 0 unspecified atom stereocenters. The highest BCUT2D eigenvalue weighted by Gasteiger charge is 2.33. The minimum absolute atomic E-state index is 0.141. The lowest BCUT2D eigenvalue weighted by molar-refractivity contribution is -0.384. The SMILES string of the molecule is O=[N+]([O-])c1cccc(Nc2ccc(C(F)(F)F)cc2[N+](=O)[O-])c1. The van der Waals surface area contributed by atoms with Crippen LogP contribution < -0.4 is 5.32 Å². The molecule has 0 heterocycles. The Hall–Kier alpha value is -3.17. The Morgan fingerprint density at radius 2 is 1.65 bits per heavy atom. The summed E-state index contributed by atoms with van der Waals surface area (Å²) < 4.78 is 37.8. The van der Waals surface area contributed by atoms with Crippen molar-refractivity contribution in [3.8, 4) is 0 Å². The number of nitrogens with zero attached hydrogens (tertiary/aromatic N) is 2. The van der Waals surface area contributed by atoms with Crippen molar-refractivity contribution in [3.63, 3.8) is 0 Å². The lowest BCUT2D eigenvalue weighted by Gasteiger charge is -2.10. The normalized spacial score (nSPS) is 11.1. The van der Waals surface area contributed by atoms with Crippen molar-refractivity contribution in [1.29, 1.82) is 0 Å². The van der Waals surface area contributed by atoms with E-state index < -0.39 is 27.3 Å². The van der Waals surface area contributed by atoms with Crippen LogP contribution in [0.1, 0.15) is 5.56 Å². The third-order valence-corrected chi connectivity index (χ3v) is 2.86. The molecule has 2 aromatic carbocycles. The van der Waals surface area contributed by atoms with Gasteiger partial charge in [0.25, 0.3) is 11.4 Å². The van der Waals surface area contributed by atoms with E-state index in [1.807, 2.05) is 0 Å². The number of hydrogen-bond donors (Lipinski definition) is 1. The summed E-state index contributed by atoms with van der Waals surface area (Å²) in [4.78, 5) is 20.0. The average molecular weight is 327 g/mol. The summed E-state index contributed by atoms with van der Waals surface area (Å²) in [5.74, 6) is 0. The number of hydrogen-bond acceptors (Lipinski definition) is 5. The lowest BCUT2D eigenvalue weighted by atomic mass is 10.1. The molecule has 0 aliphatic rings. The molecule has 0 saturated heterocycles. The molecular weight excluding hydrogens is 319 g/mol. The van der Waals surface area contributed by atoms with Gasteiger partial charge in [0.2, 0.25) is 0 Å². The Bertz CT molecular complexity index is 777. The van der Waals surface area contributed by atoms with E-state index in [9.17, 15) is 33.4 Å². The first-order valence-corrected chi connectivity index (χ1v) is 6.05. The summed E-state index contributed by atoms with van der Waals surface area (Å²) >= 11 is 0. The maximum absolute atomic E-state index is 12.6. The number of nitrogens with one attached hydrogen (secondary N) is 1. The first-order valence-electron chi connectivity index (χ1n) is 6.05. The second-order valence-corrected chi connectivity index (χ2v) is 4.42. The third kappa shape index (κ3) is 3.73. The fourth-order valence-corrected chi connectivity index (χ4v) is 1.82. The predicted octanol–water partition coefficient (Wildman–Crippen LogP) is 4.27. The third-order valence-electron chi connectivity index (χ3n) is 2.86. The highest BCUT2D eigenvalue weighted by atomic mass is 19.4. The number of non-ortho nitro benzene ring substituents is 1. The summed E-state index contributed by atoms with van der Waals surface area (Å²) in [6.07, 6.45) is -4.71. The van der Waals surface area contributed by atoms with Gasteiger partial charge in [-0.15, -0.1) is 0 Å². The maximum Gasteiger partial charge on any atom is 0.416 e. The molecule has 2 aromatic rings. The summed E-state index contributed by atoms with van der Waals surface area (Å²) in [7, 11) is 0. The molecule has 0 bridgehead atoms. The van der Waals surface area contributed by atoms with E-state index in [1.165, 1.54) is 18.2 Å². The molecule has 7 nitrogen and oxygen atoms in total. The van der Waals surface area contributed by atoms with Gasteiger partial charge in [0.1, 0.15) is 5.69 Å². The second-order valence-electron chi connectivity index (χ2n) is 4.42. The molecule has 23 heavy (non-hydrogen) atoms. The standard InChI is InChI=1S/C13H8F3N3O4/c14-13(15,16)8-4-5-11(12(6-8)19(22)23)17-9-2-1-3-10(7-9)18(20)21/h1-7,17H. The fourth-order valence-electron chi connectivity index (χ4n) is 1.82. The smallest absolute Gasteiger partial charge is 0.350 e. The molecule has 1 N–H and O–H groups in total. The van der Waals surface area contributed by atoms with Gasteiger partial charge >= 0.3 is 6.18 Å². The molecular formula is C13H8F3N3O4. The largest absolute Gasteiger partial charge is 0.416 e. The second kappa shape index (κ2) is 5.91. The molecule has 0 saturated carbocycles. The van der Waals surface area contributed by atoms with Gasteiger partial charge in [-0.25, -0.2) is 0 Å². The Kier molecular flexibility index (Phi) is 4.16. The van der Waals surface area contributed by atoms with Crippen molar-refractivity contribution in [2.45, 2.75) is 6.18 Å². The fraction of sp³-hybridized carbons (Fsp3) is 0.0769. The van der Waals surface area contributed by atoms with Gasteiger partial charge < -0.3 is 5.32 Å². The van der Waals surface area contributed by atoms with Crippen molar-refractivity contribution in [3.05, 3.63) is 68.3 Å². The van der Waals surface area contributed by atoms with Gasteiger partial charge in [0, 0.05) is 23.9 Å². The molecule has 0 fully saturated rings. The molecule has 0 aliphatic carbocycles. The number of halogens is 3. The van der Waals surface area contributed by atoms with Crippen molar-refractivity contribution in [1.82, 2.24) is 0 Å². The van der Waals surface area contributed by atoms with Crippen molar-refractivity contribution >= 4 is 22.7 Å². The van der Waals surface area contributed by atoms with Gasteiger partial charge in [-0.05, 0) is 18.2 Å². The average Bonchev–Trinajstić information content (AvgIpc) is 2.46.